The second kappa shape index (κ2) is 9.67. The second-order valence-corrected chi connectivity index (χ2v) is 8.07. The average molecular weight is 437 g/mol. The minimum atomic E-state index is -0.267. The molecular formula is C23H28N6O3. The number of hydrogen-bond acceptors (Lipinski definition) is 7. The van der Waals surface area contributed by atoms with Crippen LogP contribution in [0, 0.1) is 6.92 Å². The molecule has 2 aromatic heterocycles. The van der Waals surface area contributed by atoms with Gasteiger partial charge < -0.3 is 14.4 Å². The van der Waals surface area contributed by atoms with Crippen molar-refractivity contribution >= 4 is 23.4 Å². The molecule has 1 N–H and O–H groups in total. The fraction of sp³-hybridized carbons (Fsp3) is 0.391. The van der Waals surface area contributed by atoms with Crippen LogP contribution in [0.1, 0.15) is 32.3 Å². The molecule has 1 aromatic carbocycles. The molecule has 0 radical (unpaired) electrons. The third-order valence-electron chi connectivity index (χ3n) is 5.17. The van der Waals surface area contributed by atoms with Gasteiger partial charge in [0, 0.05) is 43.8 Å². The summed E-state index contributed by atoms with van der Waals surface area (Å²) in [5.41, 5.74) is 2.09. The van der Waals surface area contributed by atoms with Crippen LogP contribution < -0.4 is 9.64 Å². The summed E-state index contributed by atoms with van der Waals surface area (Å²) in [6.07, 6.45) is 4.22. The van der Waals surface area contributed by atoms with Crippen molar-refractivity contribution < 1.29 is 14.3 Å². The molecule has 1 saturated heterocycles. The van der Waals surface area contributed by atoms with Crippen LogP contribution in [-0.4, -0.2) is 56.5 Å². The van der Waals surface area contributed by atoms with Gasteiger partial charge in [-0.1, -0.05) is 12.1 Å². The van der Waals surface area contributed by atoms with E-state index >= 15 is 0 Å². The number of anilines is 3. The molecule has 4 rings (SSSR count). The lowest BCUT2D eigenvalue weighted by molar-refractivity contribution is 0.0507. The molecule has 9 heteroatoms. The van der Waals surface area contributed by atoms with Crippen molar-refractivity contribution in [3.05, 3.63) is 54.5 Å². The number of nitrogens with one attached hydrogen (secondary N) is 1. The van der Waals surface area contributed by atoms with Crippen molar-refractivity contribution in [2.45, 2.75) is 45.8 Å². The van der Waals surface area contributed by atoms with Gasteiger partial charge in [0.05, 0.1) is 12.3 Å². The Morgan fingerprint density at radius 2 is 2.00 bits per heavy atom. The molecule has 1 aliphatic rings. The number of aromatic amines is 1. The van der Waals surface area contributed by atoms with Crippen LogP contribution in [0.4, 0.5) is 22.1 Å². The predicted octanol–water partition coefficient (Wildman–Crippen LogP) is 4.37. The van der Waals surface area contributed by atoms with Gasteiger partial charge in [-0.15, -0.1) is 0 Å². The molecule has 3 heterocycles. The molecule has 1 fully saturated rings. The number of nitrogens with zero attached hydrogens (tertiary/aromatic N) is 5. The van der Waals surface area contributed by atoms with Crippen molar-refractivity contribution in [1.82, 2.24) is 25.1 Å². The molecule has 1 aliphatic heterocycles. The van der Waals surface area contributed by atoms with E-state index in [-0.39, 0.29) is 18.3 Å². The summed E-state index contributed by atoms with van der Waals surface area (Å²) in [7, 11) is 0. The first-order chi connectivity index (χ1) is 15.5. The fourth-order valence-electron chi connectivity index (χ4n) is 3.65. The van der Waals surface area contributed by atoms with Gasteiger partial charge in [-0.05, 0) is 38.5 Å². The van der Waals surface area contributed by atoms with Crippen LogP contribution in [-0.2, 0) is 4.74 Å². The lowest BCUT2D eigenvalue weighted by atomic mass is 10.1. The summed E-state index contributed by atoms with van der Waals surface area (Å²) in [6, 6.07) is 11.9. The van der Waals surface area contributed by atoms with E-state index in [4.69, 9.17) is 9.47 Å². The predicted molar refractivity (Wildman–Crippen MR) is 120 cm³/mol. The Bertz CT molecular complexity index is 1030. The molecule has 32 heavy (non-hydrogen) atoms. The van der Waals surface area contributed by atoms with Crippen molar-refractivity contribution in [3.8, 4) is 5.88 Å². The lowest BCUT2D eigenvalue weighted by Gasteiger charge is -2.31. The minimum absolute atomic E-state index is 0.0274. The highest BCUT2D eigenvalue weighted by molar-refractivity contribution is 5.72. The van der Waals surface area contributed by atoms with E-state index in [2.05, 4.69) is 26.2 Å². The molecule has 0 saturated carbocycles. The zero-order valence-electron chi connectivity index (χ0n) is 18.6. The van der Waals surface area contributed by atoms with Gasteiger partial charge in [0.1, 0.15) is 24.1 Å². The smallest absolute Gasteiger partial charge is 0.410 e. The standard InChI is InChI=1S/C23H28N6O3/c1-16(2)31-23(30)28-11-8-19(9-12-28)32-22-14-21(24-15-25-22)29(20-7-10-26-27-20)18-6-4-5-17(3)13-18/h4-7,10,13-16,19H,8-9,11-12H2,1-3H3,(H,26,27). The number of amides is 1. The average Bonchev–Trinajstić information content (AvgIpc) is 3.29. The zero-order valence-corrected chi connectivity index (χ0v) is 18.6. The SMILES string of the molecule is Cc1cccc(N(c2cc(OC3CCN(C(=O)OC(C)C)CC3)ncn2)c2ccn[nH]2)c1. The Balaban J connectivity index is 1.48. The topological polar surface area (TPSA) is 96.5 Å². The number of benzene rings is 1. The molecule has 168 valence electrons. The molecular weight excluding hydrogens is 408 g/mol. The Kier molecular flexibility index (Phi) is 6.53. The third kappa shape index (κ3) is 5.16. The van der Waals surface area contributed by atoms with E-state index < -0.39 is 0 Å². The van der Waals surface area contributed by atoms with Gasteiger partial charge >= 0.3 is 6.09 Å². The number of carbonyl (C=O) groups is 1. The van der Waals surface area contributed by atoms with Crippen molar-refractivity contribution in [2.75, 3.05) is 18.0 Å². The highest BCUT2D eigenvalue weighted by atomic mass is 16.6. The van der Waals surface area contributed by atoms with Crippen LogP contribution in [0.15, 0.2) is 48.9 Å². The van der Waals surface area contributed by atoms with Crippen molar-refractivity contribution in [3.63, 3.8) is 0 Å². The Morgan fingerprint density at radius 1 is 1.19 bits per heavy atom. The Morgan fingerprint density at radius 3 is 2.69 bits per heavy atom. The number of aryl methyl sites for hydroxylation is 1. The van der Waals surface area contributed by atoms with Crippen LogP contribution in [0.3, 0.4) is 0 Å². The first-order valence-corrected chi connectivity index (χ1v) is 10.8. The van der Waals surface area contributed by atoms with Crippen LogP contribution in [0.5, 0.6) is 5.88 Å². The number of H-pyrrole nitrogens is 1. The number of hydrogen-bond donors (Lipinski definition) is 1. The zero-order chi connectivity index (χ0) is 22.5. The number of aromatic nitrogens is 4. The van der Waals surface area contributed by atoms with Crippen molar-refractivity contribution in [2.24, 2.45) is 0 Å². The molecule has 0 bridgehead atoms. The van der Waals surface area contributed by atoms with Crippen molar-refractivity contribution in [1.29, 1.82) is 0 Å². The number of piperidine rings is 1. The molecule has 0 atom stereocenters. The second-order valence-electron chi connectivity index (χ2n) is 8.07. The maximum absolute atomic E-state index is 12.1. The third-order valence-corrected chi connectivity index (χ3v) is 5.17. The van der Waals surface area contributed by atoms with Gasteiger partial charge in [0.25, 0.3) is 0 Å². The van der Waals surface area contributed by atoms with Gasteiger partial charge in [0.2, 0.25) is 5.88 Å². The van der Waals surface area contributed by atoms with Gasteiger partial charge in [0.15, 0.2) is 0 Å². The lowest BCUT2D eigenvalue weighted by Crippen LogP contribution is -2.42. The van der Waals surface area contributed by atoms with Crippen LogP contribution >= 0.6 is 0 Å². The summed E-state index contributed by atoms with van der Waals surface area (Å²) >= 11 is 0. The monoisotopic (exact) mass is 436 g/mol. The molecule has 1 amide bonds. The summed E-state index contributed by atoms with van der Waals surface area (Å²) in [6.45, 7) is 6.94. The number of likely N-dealkylation sites (tertiary alicyclic amines) is 1. The minimum Gasteiger partial charge on any atom is -0.474 e. The number of rotatable bonds is 6. The quantitative estimate of drug-likeness (QED) is 0.613. The molecule has 0 unspecified atom stereocenters. The maximum Gasteiger partial charge on any atom is 0.410 e. The summed E-state index contributed by atoms with van der Waals surface area (Å²) in [4.78, 5) is 24.6. The van der Waals surface area contributed by atoms with E-state index in [9.17, 15) is 4.79 Å². The Labute approximate surface area is 187 Å². The molecule has 9 nitrogen and oxygen atoms in total. The number of carbonyl (C=O) groups excluding carboxylic acids is 1. The Hall–Kier alpha value is -3.62. The summed E-state index contributed by atoms with van der Waals surface area (Å²) in [5.74, 6) is 1.95. The highest BCUT2D eigenvalue weighted by Crippen LogP contribution is 2.33. The van der Waals surface area contributed by atoms with Crippen LogP contribution in [0.2, 0.25) is 0 Å². The highest BCUT2D eigenvalue weighted by Gasteiger charge is 2.26. The number of ether oxygens (including phenoxy) is 2. The van der Waals surface area contributed by atoms with E-state index in [0.29, 0.717) is 37.6 Å². The molecule has 0 spiro atoms. The van der Waals surface area contributed by atoms with Gasteiger partial charge in [-0.25, -0.2) is 14.8 Å². The van der Waals surface area contributed by atoms with Crippen LogP contribution in [0.25, 0.3) is 0 Å². The summed E-state index contributed by atoms with van der Waals surface area (Å²) < 4.78 is 11.4. The summed E-state index contributed by atoms with van der Waals surface area (Å²) in [5, 5.41) is 7.10. The van der Waals surface area contributed by atoms with Gasteiger partial charge in [-0.2, -0.15) is 5.10 Å². The molecule has 0 aliphatic carbocycles. The normalized spacial score (nSPS) is 14.4. The van der Waals surface area contributed by atoms with E-state index in [1.807, 2.05) is 56.0 Å². The largest absolute Gasteiger partial charge is 0.474 e. The van der Waals surface area contributed by atoms with E-state index in [1.165, 1.54) is 6.33 Å². The first kappa shape index (κ1) is 21.6. The molecule has 3 aromatic rings. The fourth-order valence-corrected chi connectivity index (χ4v) is 3.65. The van der Waals surface area contributed by atoms with E-state index in [1.54, 1.807) is 11.1 Å². The van der Waals surface area contributed by atoms with E-state index in [0.717, 1.165) is 17.1 Å². The van der Waals surface area contributed by atoms with Gasteiger partial charge in [-0.3, -0.25) is 10.00 Å². The first-order valence-electron chi connectivity index (χ1n) is 10.8. The maximum atomic E-state index is 12.1.